The summed E-state index contributed by atoms with van der Waals surface area (Å²) in [5.74, 6) is -2.31. The van der Waals surface area contributed by atoms with Crippen LogP contribution in [-0.2, 0) is 9.59 Å². The fourth-order valence-corrected chi connectivity index (χ4v) is 6.15. The fraction of sp³-hybridized carbons (Fsp3) is 0.200. The Kier molecular flexibility index (Phi) is 5.00. The van der Waals surface area contributed by atoms with E-state index in [1.165, 1.54) is 6.07 Å². The second-order valence-electron chi connectivity index (χ2n) is 9.74. The Balaban J connectivity index is 1.49. The lowest BCUT2D eigenvalue weighted by molar-refractivity contribution is -0.384. The molecule has 0 unspecified atom stereocenters. The summed E-state index contributed by atoms with van der Waals surface area (Å²) in [5.41, 5.74) is 5.61. The van der Waals surface area contributed by atoms with E-state index in [0.717, 1.165) is 38.3 Å². The minimum atomic E-state index is -0.564. The van der Waals surface area contributed by atoms with E-state index >= 15 is 0 Å². The van der Waals surface area contributed by atoms with Gasteiger partial charge in [-0.05, 0) is 53.3 Å². The maximum atomic E-state index is 13.8. The van der Waals surface area contributed by atoms with Crippen LogP contribution in [0, 0.1) is 47.6 Å². The summed E-state index contributed by atoms with van der Waals surface area (Å²) in [4.78, 5) is 40.0. The monoisotopic (exact) mass is 476 g/mol. The van der Waals surface area contributed by atoms with Gasteiger partial charge in [0, 0.05) is 17.9 Å². The summed E-state index contributed by atoms with van der Waals surface area (Å²) in [5, 5.41) is 11.8. The van der Waals surface area contributed by atoms with Crippen LogP contribution in [0.5, 0.6) is 0 Å². The molecule has 1 saturated heterocycles. The van der Waals surface area contributed by atoms with Gasteiger partial charge in [-0.2, -0.15) is 0 Å². The van der Waals surface area contributed by atoms with Gasteiger partial charge in [0.05, 0.1) is 16.8 Å². The molecule has 36 heavy (non-hydrogen) atoms. The third kappa shape index (κ3) is 3.10. The first-order valence-corrected chi connectivity index (χ1v) is 12.0. The summed E-state index contributed by atoms with van der Waals surface area (Å²) in [6.45, 7) is 3.61. The van der Waals surface area contributed by atoms with E-state index < -0.39 is 16.8 Å². The Labute approximate surface area is 208 Å². The van der Waals surface area contributed by atoms with E-state index in [1.807, 2.05) is 55.5 Å². The van der Waals surface area contributed by atoms with Crippen molar-refractivity contribution >= 4 is 28.8 Å². The number of benzene rings is 3. The van der Waals surface area contributed by atoms with Crippen LogP contribution in [0.1, 0.15) is 22.3 Å². The molecule has 0 aromatic heterocycles. The van der Waals surface area contributed by atoms with E-state index in [2.05, 4.69) is 24.3 Å². The molecule has 0 spiro atoms. The summed E-state index contributed by atoms with van der Waals surface area (Å²) in [7, 11) is 0. The van der Waals surface area contributed by atoms with Gasteiger partial charge in [0.2, 0.25) is 11.8 Å². The van der Waals surface area contributed by atoms with Crippen LogP contribution >= 0.6 is 0 Å². The van der Waals surface area contributed by atoms with E-state index in [1.54, 1.807) is 13.0 Å². The molecule has 2 aliphatic carbocycles. The predicted molar refractivity (Wildman–Crippen MR) is 137 cm³/mol. The molecule has 6 heteroatoms. The molecule has 3 aromatic carbocycles. The van der Waals surface area contributed by atoms with Gasteiger partial charge >= 0.3 is 0 Å². The maximum absolute atomic E-state index is 13.8. The molecule has 178 valence electrons. The minimum Gasteiger partial charge on any atom is -0.274 e. The summed E-state index contributed by atoms with van der Waals surface area (Å²) < 4.78 is 0. The lowest BCUT2D eigenvalue weighted by Crippen LogP contribution is -2.34. The zero-order valence-corrected chi connectivity index (χ0v) is 19.9. The van der Waals surface area contributed by atoms with E-state index in [9.17, 15) is 19.7 Å². The van der Waals surface area contributed by atoms with Crippen LogP contribution in [-0.4, -0.2) is 16.7 Å². The molecule has 0 radical (unpaired) electrons. The molecule has 2 fully saturated rings. The molecule has 2 bridgehead atoms. The molecular formula is C30H24N2O4. The highest BCUT2D eigenvalue weighted by molar-refractivity contribution is 6.24. The molecule has 1 heterocycles. The fourth-order valence-electron chi connectivity index (χ4n) is 6.15. The zero-order valence-electron chi connectivity index (χ0n) is 19.9. The molecule has 4 atom stereocenters. The van der Waals surface area contributed by atoms with Gasteiger partial charge < -0.3 is 0 Å². The summed E-state index contributed by atoms with van der Waals surface area (Å²) in [6.07, 6.45) is 4.08. The number of rotatable bonds is 4. The molecule has 1 saturated carbocycles. The number of nitro groups is 1. The summed E-state index contributed by atoms with van der Waals surface area (Å²) >= 11 is 0. The standard InChI is InChI=1S/C30H24N2O4/c1-17-15-23(24(32(35)36)16-18(17)2)31-29(33)27-21-13-14-22(28(27)30(31)34)26(21)25(19-9-5-3-6-10-19)20-11-7-4-8-12-20/h3-16,21-22,27-28H,1-2H3/t21-,22+,27-,28+. The van der Waals surface area contributed by atoms with Crippen LogP contribution in [0.3, 0.4) is 0 Å². The molecule has 0 N–H and O–H groups in total. The molecule has 2 amide bonds. The van der Waals surface area contributed by atoms with Crippen molar-refractivity contribution in [2.24, 2.45) is 23.7 Å². The number of allylic oxidation sites excluding steroid dienone is 3. The van der Waals surface area contributed by atoms with Crippen LogP contribution in [0.2, 0.25) is 0 Å². The normalized spacial score (nSPS) is 23.9. The number of hydrogen-bond acceptors (Lipinski definition) is 4. The quantitative estimate of drug-likeness (QED) is 0.211. The zero-order chi connectivity index (χ0) is 25.1. The Hall–Kier alpha value is -4.32. The van der Waals surface area contributed by atoms with Gasteiger partial charge in [0.15, 0.2) is 0 Å². The topological polar surface area (TPSA) is 80.5 Å². The average Bonchev–Trinajstić information content (AvgIpc) is 3.51. The smallest absolute Gasteiger partial charge is 0.274 e. The van der Waals surface area contributed by atoms with Gasteiger partial charge in [-0.1, -0.05) is 72.8 Å². The van der Waals surface area contributed by atoms with Crippen LogP contribution in [0.4, 0.5) is 11.4 Å². The van der Waals surface area contributed by atoms with Crippen molar-refractivity contribution in [3.8, 4) is 0 Å². The third-order valence-corrected chi connectivity index (χ3v) is 7.86. The average molecular weight is 477 g/mol. The summed E-state index contributed by atoms with van der Waals surface area (Å²) in [6, 6.07) is 23.1. The molecule has 3 aromatic rings. The SMILES string of the molecule is Cc1cc(N2C(=O)[C@@H]3[C@H](C2=O)[C@@H]2C=C[C@H]3C2=C(c2ccccc2)c2ccccc2)c([N+](=O)[O-])cc1C. The van der Waals surface area contributed by atoms with E-state index in [-0.39, 0.29) is 35.0 Å². The number of carbonyl (C=O) groups excluding carboxylic acids is 2. The van der Waals surface area contributed by atoms with Crippen molar-refractivity contribution < 1.29 is 14.5 Å². The Bertz CT molecular complexity index is 1410. The number of nitro benzene ring substituents is 1. The first-order valence-electron chi connectivity index (χ1n) is 12.0. The van der Waals surface area contributed by atoms with Crippen molar-refractivity contribution in [3.63, 3.8) is 0 Å². The maximum Gasteiger partial charge on any atom is 0.293 e. The first kappa shape index (κ1) is 22.2. The Morgan fingerprint density at radius 1 is 0.778 bits per heavy atom. The van der Waals surface area contributed by atoms with Gasteiger partial charge in [-0.3, -0.25) is 19.7 Å². The van der Waals surface area contributed by atoms with Gasteiger partial charge in [0.25, 0.3) is 5.69 Å². The second kappa shape index (κ2) is 8.12. The number of aryl methyl sites for hydroxylation is 2. The number of anilines is 1. The van der Waals surface area contributed by atoms with Gasteiger partial charge in [-0.25, -0.2) is 4.90 Å². The van der Waals surface area contributed by atoms with Gasteiger partial charge in [-0.15, -0.1) is 0 Å². The molecule has 6 nitrogen and oxygen atoms in total. The first-order chi connectivity index (χ1) is 17.4. The van der Waals surface area contributed by atoms with Crippen LogP contribution in [0.15, 0.2) is 90.5 Å². The largest absolute Gasteiger partial charge is 0.293 e. The molecular weight excluding hydrogens is 452 g/mol. The predicted octanol–water partition coefficient (Wildman–Crippen LogP) is 5.64. The number of hydrogen-bond donors (Lipinski definition) is 0. The van der Waals surface area contributed by atoms with Gasteiger partial charge in [0.1, 0.15) is 5.69 Å². The number of carbonyl (C=O) groups is 2. The highest BCUT2D eigenvalue weighted by Crippen LogP contribution is 2.59. The lowest BCUT2D eigenvalue weighted by Gasteiger charge is -2.22. The van der Waals surface area contributed by atoms with E-state index in [4.69, 9.17) is 0 Å². The third-order valence-electron chi connectivity index (χ3n) is 7.86. The van der Waals surface area contributed by atoms with E-state index in [0.29, 0.717) is 0 Å². The number of nitrogens with zero attached hydrogens (tertiary/aromatic N) is 2. The second-order valence-corrected chi connectivity index (χ2v) is 9.74. The van der Waals surface area contributed by atoms with Crippen molar-refractivity contribution in [1.29, 1.82) is 0 Å². The van der Waals surface area contributed by atoms with Crippen molar-refractivity contribution in [2.75, 3.05) is 4.90 Å². The number of amides is 2. The van der Waals surface area contributed by atoms with Crippen molar-refractivity contribution in [3.05, 3.63) is 123 Å². The Morgan fingerprint density at radius 3 is 1.72 bits per heavy atom. The number of fused-ring (bicyclic) bond motifs is 5. The van der Waals surface area contributed by atoms with Crippen LogP contribution in [0.25, 0.3) is 5.57 Å². The lowest BCUT2D eigenvalue weighted by atomic mass is 9.85. The number of imide groups is 1. The minimum absolute atomic E-state index is 0.0729. The highest BCUT2D eigenvalue weighted by Gasteiger charge is 2.63. The molecule has 6 rings (SSSR count). The van der Waals surface area contributed by atoms with Crippen molar-refractivity contribution in [1.82, 2.24) is 0 Å². The van der Waals surface area contributed by atoms with Crippen molar-refractivity contribution in [2.45, 2.75) is 13.8 Å². The molecule has 1 aliphatic heterocycles. The van der Waals surface area contributed by atoms with Crippen LogP contribution < -0.4 is 4.90 Å². The highest BCUT2D eigenvalue weighted by atomic mass is 16.6. The Morgan fingerprint density at radius 2 is 1.25 bits per heavy atom. The molecule has 3 aliphatic rings.